The van der Waals surface area contributed by atoms with Gasteiger partial charge in [-0.25, -0.2) is 0 Å². The van der Waals surface area contributed by atoms with E-state index in [9.17, 15) is 14.4 Å². The van der Waals surface area contributed by atoms with Crippen molar-refractivity contribution >= 4 is 17.9 Å². The molecule has 0 spiro atoms. The molecule has 1 atom stereocenters. The molecular weight excluding hydrogens is 997 g/mol. The van der Waals surface area contributed by atoms with Crippen molar-refractivity contribution in [1.82, 2.24) is 0 Å². The summed E-state index contributed by atoms with van der Waals surface area (Å²) in [5.41, 5.74) is 0. The minimum atomic E-state index is -0.782. The van der Waals surface area contributed by atoms with E-state index in [4.69, 9.17) is 14.2 Å². The predicted molar refractivity (Wildman–Crippen MR) is 353 cm³/mol. The van der Waals surface area contributed by atoms with E-state index in [1.807, 2.05) is 0 Å². The van der Waals surface area contributed by atoms with Crippen LogP contribution < -0.4 is 0 Å². The summed E-state index contributed by atoms with van der Waals surface area (Å²) in [5, 5.41) is 0. The Morgan fingerprint density at radius 1 is 0.259 bits per heavy atom. The molecule has 0 saturated heterocycles. The lowest BCUT2D eigenvalue weighted by atomic mass is 10.0. The zero-order valence-corrected chi connectivity index (χ0v) is 54.1. The maximum atomic E-state index is 12.9. The van der Waals surface area contributed by atoms with Gasteiger partial charge in [0.15, 0.2) is 6.10 Å². The Bertz CT molecular complexity index is 1490. The second-order valence-electron chi connectivity index (χ2n) is 23.8. The van der Waals surface area contributed by atoms with Gasteiger partial charge in [-0.1, -0.05) is 351 Å². The van der Waals surface area contributed by atoms with E-state index in [0.29, 0.717) is 19.3 Å². The summed E-state index contributed by atoms with van der Waals surface area (Å²) in [6.45, 7) is 6.57. The van der Waals surface area contributed by atoms with Crippen LogP contribution in [0.1, 0.15) is 367 Å². The largest absolute Gasteiger partial charge is 0.462 e. The summed E-state index contributed by atoms with van der Waals surface area (Å²) in [4.78, 5) is 38.4. The summed E-state index contributed by atoms with van der Waals surface area (Å²) in [6, 6.07) is 0. The van der Waals surface area contributed by atoms with Gasteiger partial charge in [-0.15, -0.1) is 0 Å². The molecule has 81 heavy (non-hydrogen) atoms. The Morgan fingerprint density at radius 3 is 0.753 bits per heavy atom. The summed E-state index contributed by atoms with van der Waals surface area (Å²) >= 11 is 0. The molecule has 0 fully saturated rings. The molecule has 6 nitrogen and oxygen atoms in total. The molecule has 0 saturated carbocycles. The Hall–Kier alpha value is -3.15. The highest BCUT2D eigenvalue weighted by Crippen LogP contribution is 2.18. The fourth-order valence-corrected chi connectivity index (χ4v) is 10.5. The van der Waals surface area contributed by atoms with E-state index in [1.165, 1.54) is 218 Å². The molecule has 6 heteroatoms. The van der Waals surface area contributed by atoms with Crippen molar-refractivity contribution in [2.45, 2.75) is 374 Å². The van der Waals surface area contributed by atoms with E-state index >= 15 is 0 Å². The van der Waals surface area contributed by atoms with Gasteiger partial charge in [0.2, 0.25) is 0 Å². The van der Waals surface area contributed by atoms with Gasteiger partial charge in [0.05, 0.1) is 0 Å². The standard InChI is InChI=1S/C75H134O6/c1-4-7-10-13-16-19-22-25-27-29-31-33-35-37-39-40-42-44-46-48-50-53-56-59-62-65-68-74(77)80-71-72(70-79-73(76)67-64-61-58-55-52-24-21-18-15-12-9-6-3)81-75(78)69-66-63-60-57-54-51-49-47-45-43-41-38-36-34-32-30-28-26-23-20-17-14-11-8-5-2/h8,11,17,20,26,28,32,34,38,41,45,47,72H,4-7,9-10,12-16,18-19,21-25,27,29-31,33,35-37,39-40,42-44,46,48-71H2,1-3H3/b11-8-,20-17-,28-26-,34-32-,41-38-,47-45-. The molecule has 0 aromatic heterocycles. The molecule has 0 aliphatic carbocycles. The number of hydrogen-bond acceptors (Lipinski definition) is 6. The highest BCUT2D eigenvalue weighted by molar-refractivity contribution is 5.71. The molecule has 0 aromatic carbocycles. The van der Waals surface area contributed by atoms with Crippen molar-refractivity contribution < 1.29 is 28.6 Å². The van der Waals surface area contributed by atoms with Crippen LogP contribution >= 0.6 is 0 Å². The van der Waals surface area contributed by atoms with Gasteiger partial charge in [-0.3, -0.25) is 14.4 Å². The predicted octanol–water partition coefficient (Wildman–Crippen LogP) is 24.4. The van der Waals surface area contributed by atoms with E-state index in [0.717, 1.165) is 109 Å². The summed E-state index contributed by atoms with van der Waals surface area (Å²) in [6.07, 6.45) is 90.8. The monoisotopic (exact) mass is 1130 g/mol. The molecule has 0 bridgehead atoms. The molecular formula is C75H134O6. The average Bonchev–Trinajstić information content (AvgIpc) is 3.47. The highest BCUT2D eigenvalue weighted by Gasteiger charge is 2.19. The summed E-state index contributed by atoms with van der Waals surface area (Å²) in [5.74, 6) is -0.869. The van der Waals surface area contributed by atoms with Crippen LogP contribution in [0.25, 0.3) is 0 Å². The van der Waals surface area contributed by atoms with Crippen LogP contribution in [0.4, 0.5) is 0 Å². The van der Waals surface area contributed by atoms with E-state index in [2.05, 4.69) is 93.7 Å². The van der Waals surface area contributed by atoms with Crippen LogP contribution in [0.2, 0.25) is 0 Å². The van der Waals surface area contributed by atoms with Crippen LogP contribution in [-0.4, -0.2) is 37.2 Å². The fraction of sp³-hybridized carbons (Fsp3) is 0.800. The van der Waals surface area contributed by atoms with Gasteiger partial charge in [-0.2, -0.15) is 0 Å². The number of hydrogen-bond donors (Lipinski definition) is 0. The lowest BCUT2D eigenvalue weighted by molar-refractivity contribution is -0.167. The second kappa shape index (κ2) is 69.3. The molecule has 470 valence electrons. The quantitative estimate of drug-likeness (QED) is 0.0261. The SMILES string of the molecule is CC/C=C\C/C=C\C/C=C\C/C=C\C/C=C\C/C=C\CCCCCCCCC(=O)OC(COC(=O)CCCCCCCCCCCCCC)COC(=O)CCCCCCCCCCCCCCCCCCCCCCCCCCCC. The molecule has 0 aromatic rings. The third-order valence-corrected chi connectivity index (χ3v) is 15.7. The maximum Gasteiger partial charge on any atom is 0.306 e. The van der Waals surface area contributed by atoms with Gasteiger partial charge < -0.3 is 14.2 Å². The molecule has 0 rings (SSSR count). The first-order valence-corrected chi connectivity index (χ1v) is 35.4. The number of unbranched alkanes of at least 4 members (excludes halogenated alkanes) is 42. The van der Waals surface area contributed by atoms with Crippen molar-refractivity contribution in [3.63, 3.8) is 0 Å². The van der Waals surface area contributed by atoms with E-state index in [1.54, 1.807) is 0 Å². The molecule has 0 radical (unpaired) electrons. The number of ether oxygens (including phenoxy) is 3. The van der Waals surface area contributed by atoms with Crippen molar-refractivity contribution in [3.8, 4) is 0 Å². The summed E-state index contributed by atoms with van der Waals surface area (Å²) in [7, 11) is 0. The first kappa shape index (κ1) is 77.9. The van der Waals surface area contributed by atoms with E-state index < -0.39 is 6.10 Å². The maximum absolute atomic E-state index is 12.9. The molecule has 0 aliphatic rings. The third kappa shape index (κ3) is 67.5. The van der Waals surface area contributed by atoms with Gasteiger partial charge in [0.25, 0.3) is 0 Å². The second-order valence-corrected chi connectivity index (χ2v) is 23.8. The normalized spacial score (nSPS) is 12.5. The van der Waals surface area contributed by atoms with Crippen molar-refractivity contribution in [2.24, 2.45) is 0 Å². The fourth-order valence-electron chi connectivity index (χ4n) is 10.5. The molecule has 0 amide bonds. The van der Waals surface area contributed by atoms with Gasteiger partial charge in [0.1, 0.15) is 13.2 Å². The first-order chi connectivity index (χ1) is 40.0. The lowest BCUT2D eigenvalue weighted by Crippen LogP contribution is -2.30. The van der Waals surface area contributed by atoms with Crippen LogP contribution in [0.15, 0.2) is 72.9 Å². The van der Waals surface area contributed by atoms with Crippen LogP contribution in [0.5, 0.6) is 0 Å². The van der Waals surface area contributed by atoms with Gasteiger partial charge >= 0.3 is 17.9 Å². The zero-order chi connectivity index (χ0) is 58.5. The van der Waals surface area contributed by atoms with Crippen molar-refractivity contribution in [2.75, 3.05) is 13.2 Å². The smallest absolute Gasteiger partial charge is 0.306 e. The number of carbonyl (C=O) groups is 3. The topological polar surface area (TPSA) is 78.9 Å². The van der Waals surface area contributed by atoms with Crippen molar-refractivity contribution in [1.29, 1.82) is 0 Å². The van der Waals surface area contributed by atoms with Crippen LogP contribution in [0, 0.1) is 0 Å². The Morgan fingerprint density at radius 2 is 0.481 bits per heavy atom. The number of esters is 3. The van der Waals surface area contributed by atoms with E-state index in [-0.39, 0.29) is 31.1 Å². The van der Waals surface area contributed by atoms with Gasteiger partial charge in [0, 0.05) is 19.3 Å². The Balaban J connectivity index is 4.26. The zero-order valence-electron chi connectivity index (χ0n) is 54.1. The molecule has 1 unspecified atom stereocenters. The molecule has 0 heterocycles. The van der Waals surface area contributed by atoms with Crippen LogP contribution in [-0.2, 0) is 28.6 Å². The Kier molecular flexibility index (Phi) is 66.6. The molecule has 0 N–H and O–H groups in total. The Labute approximate surface area is 503 Å². The number of carbonyl (C=O) groups excluding carboxylic acids is 3. The van der Waals surface area contributed by atoms with Crippen LogP contribution in [0.3, 0.4) is 0 Å². The summed E-state index contributed by atoms with van der Waals surface area (Å²) < 4.78 is 17.0. The number of rotatable bonds is 65. The molecule has 0 aliphatic heterocycles. The number of allylic oxidation sites excluding steroid dienone is 12. The van der Waals surface area contributed by atoms with Gasteiger partial charge in [-0.05, 0) is 70.6 Å². The van der Waals surface area contributed by atoms with Crippen molar-refractivity contribution in [3.05, 3.63) is 72.9 Å². The highest BCUT2D eigenvalue weighted by atomic mass is 16.6. The minimum absolute atomic E-state index is 0.0767. The lowest BCUT2D eigenvalue weighted by Gasteiger charge is -2.18. The average molecular weight is 1130 g/mol. The third-order valence-electron chi connectivity index (χ3n) is 15.7. The first-order valence-electron chi connectivity index (χ1n) is 35.4. The minimum Gasteiger partial charge on any atom is -0.462 e.